The van der Waals surface area contributed by atoms with Gasteiger partial charge in [-0.3, -0.25) is 10.1 Å². The maximum absolute atomic E-state index is 11.8. The van der Waals surface area contributed by atoms with Gasteiger partial charge in [0.2, 0.25) is 5.89 Å². The largest absolute Gasteiger partial charge is 0.408 e. The summed E-state index contributed by atoms with van der Waals surface area (Å²) in [7, 11) is 0. The minimum Gasteiger partial charge on any atom is -0.408 e. The van der Waals surface area contributed by atoms with E-state index in [2.05, 4.69) is 15.5 Å². The summed E-state index contributed by atoms with van der Waals surface area (Å²) in [6.07, 6.45) is 9.06. The number of hydrogen-bond acceptors (Lipinski definition) is 4. The number of amides is 1. The summed E-state index contributed by atoms with van der Waals surface area (Å²) in [6.45, 7) is 0. The van der Waals surface area contributed by atoms with Crippen molar-refractivity contribution in [1.29, 1.82) is 0 Å². The van der Waals surface area contributed by atoms with E-state index in [-0.39, 0.29) is 11.9 Å². The fraction of sp³-hybridized carbons (Fsp3) is 0.353. The number of carbonyl (C=O) groups is 1. The van der Waals surface area contributed by atoms with E-state index in [1.165, 1.54) is 25.3 Å². The summed E-state index contributed by atoms with van der Waals surface area (Å²) < 4.78 is 5.56. The first-order valence-electron chi connectivity index (χ1n) is 7.69. The van der Waals surface area contributed by atoms with Crippen molar-refractivity contribution < 1.29 is 9.21 Å². The lowest BCUT2D eigenvalue weighted by Crippen LogP contribution is -2.08. The molecule has 1 aromatic carbocycles. The molecule has 1 aromatic heterocycles. The van der Waals surface area contributed by atoms with Crippen LogP contribution in [-0.4, -0.2) is 16.1 Å². The predicted molar refractivity (Wildman–Crippen MR) is 84.2 cm³/mol. The zero-order valence-corrected chi connectivity index (χ0v) is 12.4. The highest BCUT2D eigenvalue weighted by Crippen LogP contribution is 2.32. The summed E-state index contributed by atoms with van der Waals surface area (Å²) in [5.41, 5.74) is 0.964. The van der Waals surface area contributed by atoms with Gasteiger partial charge < -0.3 is 4.42 Å². The minimum atomic E-state index is -0.275. The van der Waals surface area contributed by atoms with Gasteiger partial charge in [0, 0.05) is 12.0 Å². The third-order valence-electron chi connectivity index (χ3n) is 3.85. The van der Waals surface area contributed by atoms with E-state index in [9.17, 15) is 4.79 Å². The van der Waals surface area contributed by atoms with Crippen molar-refractivity contribution in [1.82, 2.24) is 10.2 Å². The molecule has 0 bridgehead atoms. The summed E-state index contributed by atoms with van der Waals surface area (Å²) in [5, 5.41) is 10.6. The lowest BCUT2D eigenvalue weighted by molar-refractivity contribution is -0.112. The number of anilines is 1. The molecule has 1 amide bonds. The molecule has 0 unspecified atom stereocenters. The van der Waals surface area contributed by atoms with Gasteiger partial charge in [0.1, 0.15) is 0 Å². The van der Waals surface area contributed by atoms with E-state index in [1.807, 2.05) is 30.3 Å². The molecule has 1 saturated carbocycles. The van der Waals surface area contributed by atoms with Crippen LogP contribution in [0.4, 0.5) is 6.01 Å². The second kappa shape index (κ2) is 7.02. The monoisotopic (exact) mass is 297 g/mol. The molecule has 1 N–H and O–H groups in total. The van der Waals surface area contributed by atoms with E-state index in [0.29, 0.717) is 11.8 Å². The Morgan fingerprint density at radius 3 is 2.68 bits per heavy atom. The highest BCUT2D eigenvalue weighted by atomic mass is 16.4. The second-order valence-electron chi connectivity index (χ2n) is 5.51. The molecule has 3 rings (SSSR count). The van der Waals surface area contributed by atoms with Crippen molar-refractivity contribution in [3.8, 4) is 0 Å². The van der Waals surface area contributed by atoms with Crippen molar-refractivity contribution in [2.45, 2.75) is 38.0 Å². The van der Waals surface area contributed by atoms with Crippen LogP contribution < -0.4 is 5.32 Å². The Morgan fingerprint density at radius 2 is 1.91 bits per heavy atom. The number of aromatic nitrogens is 2. The zero-order chi connectivity index (χ0) is 15.2. The minimum absolute atomic E-state index is 0.170. The normalized spacial score (nSPS) is 16.0. The van der Waals surface area contributed by atoms with Gasteiger partial charge in [0.15, 0.2) is 0 Å². The van der Waals surface area contributed by atoms with Crippen molar-refractivity contribution in [3.05, 3.63) is 47.9 Å². The summed E-state index contributed by atoms with van der Waals surface area (Å²) in [6, 6.07) is 9.80. The summed E-state index contributed by atoms with van der Waals surface area (Å²) in [5.74, 6) is 0.705. The fourth-order valence-electron chi connectivity index (χ4n) is 2.68. The molecule has 22 heavy (non-hydrogen) atoms. The van der Waals surface area contributed by atoms with Gasteiger partial charge in [0.25, 0.3) is 5.91 Å². The first-order chi connectivity index (χ1) is 10.8. The second-order valence-corrected chi connectivity index (χ2v) is 5.51. The van der Waals surface area contributed by atoms with Crippen molar-refractivity contribution in [3.63, 3.8) is 0 Å². The molecule has 1 aliphatic carbocycles. The molecule has 1 heterocycles. The highest BCUT2D eigenvalue weighted by Gasteiger charge is 2.21. The van der Waals surface area contributed by atoms with Gasteiger partial charge >= 0.3 is 6.01 Å². The zero-order valence-electron chi connectivity index (χ0n) is 12.4. The topological polar surface area (TPSA) is 68.0 Å². The standard InChI is InChI=1S/C17H19N3O2/c21-15(12-11-13-7-3-1-4-8-13)18-17-20-19-16(22-17)14-9-5-2-6-10-14/h1,3-4,7-8,11-12,14H,2,5-6,9-10H2,(H,18,20,21). The van der Waals surface area contributed by atoms with Gasteiger partial charge in [-0.1, -0.05) is 54.7 Å². The maximum atomic E-state index is 11.8. The van der Waals surface area contributed by atoms with Crippen LogP contribution in [-0.2, 0) is 4.79 Å². The number of rotatable bonds is 4. The quantitative estimate of drug-likeness (QED) is 0.872. The Bertz CT molecular complexity index is 643. The van der Waals surface area contributed by atoms with E-state index < -0.39 is 0 Å². The Labute approximate surface area is 129 Å². The molecule has 5 heteroatoms. The Morgan fingerprint density at radius 1 is 1.14 bits per heavy atom. The van der Waals surface area contributed by atoms with Gasteiger partial charge in [0.05, 0.1) is 0 Å². The number of benzene rings is 1. The predicted octanol–water partition coefficient (Wildman–Crippen LogP) is 3.77. The molecule has 114 valence electrons. The van der Waals surface area contributed by atoms with Crippen LogP contribution in [0.3, 0.4) is 0 Å². The molecule has 1 aliphatic rings. The molecule has 0 spiro atoms. The van der Waals surface area contributed by atoms with E-state index in [4.69, 9.17) is 4.42 Å². The molecule has 0 radical (unpaired) electrons. The molecular weight excluding hydrogens is 278 g/mol. The van der Waals surface area contributed by atoms with Crippen LogP contribution in [0, 0.1) is 0 Å². The smallest absolute Gasteiger partial charge is 0.322 e. The number of nitrogens with one attached hydrogen (secondary N) is 1. The average Bonchev–Trinajstić information content (AvgIpc) is 3.03. The third kappa shape index (κ3) is 3.81. The SMILES string of the molecule is O=C(C=Cc1ccccc1)Nc1nnc(C2CCCCC2)o1. The lowest BCUT2D eigenvalue weighted by atomic mass is 9.89. The lowest BCUT2D eigenvalue weighted by Gasteiger charge is -2.17. The van der Waals surface area contributed by atoms with Gasteiger partial charge in [-0.25, -0.2) is 0 Å². The van der Waals surface area contributed by atoms with Gasteiger partial charge in [-0.2, -0.15) is 0 Å². The van der Waals surface area contributed by atoms with Crippen LogP contribution in [0.25, 0.3) is 6.08 Å². The number of nitrogens with zero attached hydrogens (tertiary/aromatic N) is 2. The van der Waals surface area contributed by atoms with Gasteiger partial charge in [-0.05, 0) is 24.5 Å². The van der Waals surface area contributed by atoms with E-state index >= 15 is 0 Å². The van der Waals surface area contributed by atoms with E-state index in [0.717, 1.165) is 18.4 Å². The first-order valence-corrected chi connectivity index (χ1v) is 7.69. The third-order valence-corrected chi connectivity index (χ3v) is 3.85. The van der Waals surface area contributed by atoms with Crippen LogP contribution in [0.1, 0.15) is 49.5 Å². The Kier molecular flexibility index (Phi) is 4.63. The molecule has 0 saturated heterocycles. The van der Waals surface area contributed by atoms with Crippen LogP contribution in [0.2, 0.25) is 0 Å². The number of hydrogen-bond donors (Lipinski definition) is 1. The molecule has 0 atom stereocenters. The maximum Gasteiger partial charge on any atom is 0.322 e. The van der Waals surface area contributed by atoms with Crippen molar-refractivity contribution in [2.75, 3.05) is 5.32 Å². The Balaban J connectivity index is 1.57. The van der Waals surface area contributed by atoms with E-state index in [1.54, 1.807) is 6.08 Å². The molecule has 2 aromatic rings. The van der Waals surface area contributed by atoms with Crippen LogP contribution in [0.15, 0.2) is 40.8 Å². The molecular formula is C17H19N3O2. The van der Waals surface area contributed by atoms with Crippen LogP contribution >= 0.6 is 0 Å². The van der Waals surface area contributed by atoms with Crippen molar-refractivity contribution >= 4 is 18.0 Å². The Hall–Kier alpha value is -2.43. The average molecular weight is 297 g/mol. The summed E-state index contributed by atoms with van der Waals surface area (Å²) in [4.78, 5) is 11.8. The number of carbonyl (C=O) groups excluding carboxylic acids is 1. The fourth-order valence-corrected chi connectivity index (χ4v) is 2.68. The summed E-state index contributed by atoms with van der Waals surface area (Å²) >= 11 is 0. The molecule has 1 fully saturated rings. The van der Waals surface area contributed by atoms with Crippen molar-refractivity contribution in [2.24, 2.45) is 0 Å². The molecule has 0 aliphatic heterocycles. The first kappa shape index (κ1) is 14.5. The molecule has 5 nitrogen and oxygen atoms in total. The van der Waals surface area contributed by atoms with Gasteiger partial charge in [-0.15, -0.1) is 5.10 Å². The highest BCUT2D eigenvalue weighted by molar-refractivity contribution is 6.00. The van der Waals surface area contributed by atoms with Crippen LogP contribution in [0.5, 0.6) is 0 Å².